The number of fused-ring (bicyclic) bond motifs is 1. The van der Waals surface area contributed by atoms with Crippen molar-refractivity contribution in [2.45, 2.75) is 86.5 Å². The van der Waals surface area contributed by atoms with Gasteiger partial charge < -0.3 is 10.4 Å². The summed E-state index contributed by atoms with van der Waals surface area (Å²) >= 11 is 3.42. The number of amides is 1. The summed E-state index contributed by atoms with van der Waals surface area (Å²) < 4.78 is 2.59. The van der Waals surface area contributed by atoms with Crippen LogP contribution < -0.4 is 5.32 Å². The zero-order valence-electron chi connectivity index (χ0n) is 25.1. The van der Waals surface area contributed by atoms with E-state index in [4.69, 9.17) is 0 Å². The SMILES string of the molecule is C1CC1.CC.CCCCNC=O.CCc1ccc(CC)cc1.Cc1cc(-c2ccccc2O)nc2c(Br)cnn12. The zero-order valence-corrected chi connectivity index (χ0v) is 26.7. The number of unbranched alkanes of at least 4 members (excludes halogenated alkanes) is 1. The van der Waals surface area contributed by atoms with Gasteiger partial charge in [0.2, 0.25) is 6.41 Å². The molecule has 2 heterocycles. The summed E-state index contributed by atoms with van der Waals surface area (Å²) in [6.07, 6.45) is 11.5. The van der Waals surface area contributed by atoms with Crippen LogP contribution >= 0.6 is 15.9 Å². The van der Waals surface area contributed by atoms with Crippen LogP contribution in [-0.2, 0) is 17.6 Å². The van der Waals surface area contributed by atoms with Gasteiger partial charge in [0, 0.05) is 17.8 Å². The smallest absolute Gasteiger partial charge is 0.207 e. The van der Waals surface area contributed by atoms with Crippen molar-refractivity contribution in [1.29, 1.82) is 0 Å². The van der Waals surface area contributed by atoms with Crippen LogP contribution in [-0.4, -0.2) is 32.7 Å². The lowest BCUT2D eigenvalue weighted by Gasteiger charge is -2.06. The molecule has 0 unspecified atom stereocenters. The van der Waals surface area contributed by atoms with Crippen molar-refractivity contribution < 1.29 is 9.90 Å². The first-order valence-corrected chi connectivity index (χ1v) is 15.3. The van der Waals surface area contributed by atoms with Crippen molar-refractivity contribution in [3.05, 3.63) is 82.1 Å². The van der Waals surface area contributed by atoms with Gasteiger partial charge in [-0.2, -0.15) is 5.10 Å². The van der Waals surface area contributed by atoms with E-state index < -0.39 is 0 Å². The highest BCUT2D eigenvalue weighted by molar-refractivity contribution is 9.10. The lowest BCUT2D eigenvalue weighted by Crippen LogP contribution is -2.11. The minimum atomic E-state index is 0.226. The van der Waals surface area contributed by atoms with Gasteiger partial charge in [0.1, 0.15) is 5.75 Å². The number of halogens is 1. The number of aromatic nitrogens is 3. The van der Waals surface area contributed by atoms with Gasteiger partial charge in [0.05, 0.1) is 16.4 Å². The van der Waals surface area contributed by atoms with Crippen LogP contribution in [0.1, 0.15) is 83.5 Å². The number of carbonyl (C=O) groups excluding carboxylic acids is 1. The van der Waals surface area contributed by atoms with Gasteiger partial charge in [-0.25, -0.2) is 9.50 Å². The van der Waals surface area contributed by atoms with E-state index in [0.717, 1.165) is 65.7 Å². The largest absolute Gasteiger partial charge is 0.507 e. The Morgan fingerprint density at radius 2 is 1.55 bits per heavy atom. The number of carbonyl (C=O) groups is 1. The van der Waals surface area contributed by atoms with E-state index in [-0.39, 0.29) is 5.75 Å². The first-order valence-electron chi connectivity index (χ1n) is 14.5. The molecule has 1 saturated carbocycles. The third-order valence-corrected chi connectivity index (χ3v) is 6.30. The number of phenolic OH excluding ortho intramolecular Hbond substituents is 1. The maximum atomic E-state index is 9.87. The molecule has 0 bridgehead atoms. The van der Waals surface area contributed by atoms with Crippen LogP contribution in [0.25, 0.3) is 16.9 Å². The Kier molecular flexibility index (Phi) is 18.0. The molecule has 6 nitrogen and oxygen atoms in total. The molecule has 2 aromatic carbocycles. The van der Waals surface area contributed by atoms with Crippen molar-refractivity contribution in [2.24, 2.45) is 0 Å². The molecule has 1 aliphatic rings. The highest BCUT2D eigenvalue weighted by atomic mass is 79.9. The van der Waals surface area contributed by atoms with Gasteiger partial charge in [-0.05, 0) is 71.4 Å². The third-order valence-electron chi connectivity index (χ3n) is 5.74. The molecular weight excluding hydrogens is 564 g/mol. The molecule has 7 heteroatoms. The minimum absolute atomic E-state index is 0.226. The molecule has 1 aliphatic carbocycles. The minimum Gasteiger partial charge on any atom is -0.507 e. The average molecular weight is 612 g/mol. The quantitative estimate of drug-likeness (QED) is 0.162. The Morgan fingerprint density at radius 1 is 0.975 bits per heavy atom. The Morgan fingerprint density at radius 3 is 2.02 bits per heavy atom. The number of nitrogens with one attached hydrogen (secondary N) is 1. The average Bonchev–Trinajstić information content (AvgIpc) is 3.84. The monoisotopic (exact) mass is 610 g/mol. The summed E-state index contributed by atoms with van der Waals surface area (Å²) in [7, 11) is 0. The summed E-state index contributed by atoms with van der Waals surface area (Å²) in [6.45, 7) is 13.2. The summed E-state index contributed by atoms with van der Waals surface area (Å²) in [4.78, 5) is 14.1. The van der Waals surface area contributed by atoms with E-state index >= 15 is 0 Å². The first-order chi connectivity index (χ1) is 19.4. The number of hydrogen-bond donors (Lipinski definition) is 2. The molecule has 0 radical (unpaired) electrons. The number of aromatic hydroxyl groups is 1. The summed E-state index contributed by atoms with van der Waals surface area (Å²) in [5, 5.41) is 16.7. The maximum absolute atomic E-state index is 9.87. The van der Waals surface area contributed by atoms with E-state index in [1.165, 1.54) is 30.4 Å². The van der Waals surface area contributed by atoms with Crippen LogP contribution in [0.15, 0.2) is 65.3 Å². The second-order valence-electron chi connectivity index (χ2n) is 9.04. The van der Waals surface area contributed by atoms with Crippen LogP contribution in [0.4, 0.5) is 0 Å². The molecule has 5 rings (SSSR count). The molecule has 1 fully saturated rings. The number of aryl methyl sites for hydroxylation is 3. The molecule has 2 aromatic heterocycles. The zero-order chi connectivity index (χ0) is 29.8. The van der Waals surface area contributed by atoms with Gasteiger partial charge >= 0.3 is 0 Å². The number of nitrogens with zero attached hydrogens (tertiary/aromatic N) is 3. The molecule has 4 aromatic rings. The van der Waals surface area contributed by atoms with Gasteiger partial charge in [-0.1, -0.05) is 96.7 Å². The predicted octanol–water partition coefficient (Wildman–Crippen LogP) is 8.71. The lowest BCUT2D eigenvalue weighted by atomic mass is 10.1. The van der Waals surface area contributed by atoms with Crippen LogP contribution in [0.5, 0.6) is 5.75 Å². The number of para-hydroxylation sites is 1. The van der Waals surface area contributed by atoms with Crippen molar-refractivity contribution >= 4 is 28.0 Å². The Hall–Kier alpha value is -3.19. The third kappa shape index (κ3) is 12.8. The van der Waals surface area contributed by atoms with E-state index in [0.29, 0.717) is 0 Å². The van der Waals surface area contributed by atoms with E-state index in [9.17, 15) is 9.90 Å². The molecule has 218 valence electrons. The predicted molar refractivity (Wildman–Crippen MR) is 172 cm³/mol. The van der Waals surface area contributed by atoms with E-state index in [1.807, 2.05) is 39.0 Å². The normalized spacial score (nSPS) is 10.8. The van der Waals surface area contributed by atoms with Crippen LogP contribution in [0.3, 0.4) is 0 Å². The second-order valence-corrected chi connectivity index (χ2v) is 9.89. The summed E-state index contributed by atoms with van der Waals surface area (Å²) in [5.41, 5.74) is 6.02. The first kappa shape index (κ1) is 34.8. The second kappa shape index (κ2) is 20.7. The highest BCUT2D eigenvalue weighted by Crippen LogP contribution is 2.29. The molecule has 0 spiro atoms. The van der Waals surface area contributed by atoms with Gasteiger partial charge in [0.25, 0.3) is 0 Å². The van der Waals surface area contributed by atoms with Gasteiger partial charge in [-0.3, -0.25) is 4.79 Å². The van der Waals surface area contributed by atoms with Crippen LogP contribution in [0.2, 0.25) is 0 Å². The van der Waals surface area contributed by atoms with Crippen molar-refractivity contribution in [2.75, 3.05) is 6.54 Å². The molecule has 1 amide bonds. The molecular formula is C33H47BrN4O2. The number of benzene rings is 2. The Labute approximate surface area is 249 Å². The fourth-order valence-corrected chi connectivity index (χ4v) is 3.61. The lowest BCUT2D eigenvalue weighted by molar-refractivity contribution is -0.109. The fraction of sp³-hybridized carbons (Fsp3) is 0.424. The Bertz CT molecular complexity index is 1210. The molecule has 40 heavy (non-hydrogen) atoms. The van der Waals surface area contributed by atoms with Crippen LogP contribution in [0, 0.1) is 6.92 Å². The van der Waals surface area contributed by atoms with Crippen molar-refractivity contribution in [1.82, 2.24) is 19.9 Å². The van der Waals surface area contributed by atoms with Gasteiger partial charge in [-0.15, -0.1) is 0 Å². The number of rotatable bonds is 7. The van der Waals surface area contributed by atoms with E-state index in [1.54, 1.807) is 22.8 Å². The highest BCUT2D eigenvalue weighted by Gasteiger charge is 2.11. The van der Waals surface area contributed by atoms with E-state index in [2.05, 4.69) is 76.4 Å². The van der Waals surface area contributed by atoms with Crippen molar-refractivity contribution in [3.8, 4) is 17.0 Å². The molecule has 0 saturated heterocycles. The summed E-state index contributed by atoms with van der Waals surface area (Å²) in [6, 6.07) is 17.9. The topological polar surface area (TPSA) is 79.5 Å². The number of phenols is 1. The fourth-order valence-electron chi connectivity index (χ4n) is 3.26. The summed E-state index contributed by atoms with van der Waals surface area (Å²) in [5.74, 6) is 0.226. The molecule has 2 N–H and O–H groups in total. The maximum Gasteiger partial charge on any atom is 0.207 e. The standard InChI is InChI=1S/C13H10BrN3O.C10H14.C5H11NO.C3H6.C2H6/c1-8-6-11(9-4-2-3-5-12(9)18)16-13-10(14)7-15-17(8)13;1-3-9-5-7-10(4-2)8-6-9;1-2-3-4-6-5-7;1-2-3-1;1-2/h2-7,18H,1H3;5-8H,3-4H2,1-2H3;5H,2-4H2,1H3,(H,6,7);1-3H2;1-2H3. The van der Waals surface area contributed by atoms with Gasteiger partial charge in [0.15, 0.2) is 5.65 Å². The molecule has 0 atom stereocenters. The number of hydrogen-bond acceptors (Lipinski definition) is 4. The molecule has 0 aliphatic heterocycles. The Balaban J connectivity index is 0.000000306. The van der Waals surface area contributed by atoms with Crippen molar-refractivity contribution in [3.63, 3.8) is 0 Å².